The van der Waals surface area contributed by atoms with Gasteiger partial charge in [0.1, 0.15) is 0 Å². The maximum atomic E-state index is 4.89. The molecule has 0 aliphatic heterocycles. The molecule has 0 heterocycles. The smallest absolute Gasteiger partial charge is 0.0743 e. The van der Waals surface area contributed by atoms with E-state index in [0.29, 0.717) is 0 Å². The molecule has 0 saturated carbocycles. The Kier molecular flexibility index (Phi) is 40.9. The van der Waals surface area contributed by atoms with Crippen molar-refractivity contribution in [2.45, 2.75) is 20.3 Å². The summed E-state index contributed by atoms with van der Waals surface area (Å²) in [4.78, 5) is 0. The molecule has 0 amide bonds. The van der Waals surface area contributed by atoms with Gasteiger partial charge in [-0.2, -0.15) is 48.2 Å². The van der Waals surface area contributed by atoms with Crippen LogP contribution in [0.2, 0.25) is 0 Å². The normalized spacial score (nSPS) is 7.38. The van der Waals surface area contributed by atoms with Crippen LogP contribution in [-0.4, -0.2) is 41.0 Å². The molecule has 0 fully saturated rings. The number of thioether (sulfide) groups is 1. The Morgan fingerprint density at radius 1 is 0.731 bits per heavy atom. The van der Waals surface area contributed by atoms with Crippen LogP contribution in [0.5, 0.6) is 11.5 Å². The number of rotatable bonds is 2. The number of hydrogen-bond acceptors (Lipinski definition) is 4. The van der Waals surface area contributed by atoms with E-state index in [4.69, 9.17) is 9.47 Å². The van der Waals surface area contributed by atoms with Gasteiger partial charge in [0.15, 0.2) is 0 Å². The van der Waals surface area contributed by atoms with Crippen LogP contribution in [-0.2, 0) is 37.4 Å². The van der Waals surface area contributed by atoms with E-state index in [1.54, 1.807) is 40.2 Å². The first kappa shape index (κ1) is 33.1. The molecule has 3 nitrogen and oxygen atoms in total. The predicted octanol–water partition coefficient (Wildman–Crippen LogP) is 5.65. The minimum Gasteiger partial charge on any atom is -0.522 e. The van der Waals surface area contributed by atoms with E-state index in [0.717, 1.165) is 11.5 Å². The van der Waals surface area contributed by atoms with E-state index in [9.17, 15) is 0 Å². The van der Waals surface area contributed by atoms with Crippen molar-refractivity contribution in [2.75, 3.05) is 41.0 Å². The van der Waals surface area contributed by atoms with Crippen LogP contribution >= 0.6 is 11.8 Å². The van der Waals surface area contributed by atoms with Crippen LogP contribution in [0.25, 0.3) is 0 Å². The molecule has 0 aromatic heterocycles. The predicted molar refractivity (Wildman–Crippen MR) is 112 cm³/mol. The van der Waals surface area contributed by atoms with Crippen molar-refractivity contribution in [1.29, 1.82) is 0 Å². The zero-order valence-corrected chi connectivity index (χ0v) is 21.2. The van der Waals surface area contributed by atoms with Gasteiger partial charge in [0.2, 0.25) is 0 Å². The molecule has 0 atom stereocenters. The number of methoxy groups -OCH3 is 3. The summed E-state index contributed by atoms with van der Waals surface area (Å²) in [5, 5.41) is 0. The Morgan fingerprint density at radius 3 is 1.04 bits per heavy atom. The molecule has 147 valence electrons. The maximum absolute atomic E-state index is 4.89. The maximum Gasteiger partial charge on any atom is 0.0743 e. The molecular formula is C21H34O3SY-2. The van der Waals surface area contributed by atoms with Crippen LogP contribution in [0.3, 0.4) is 0 Å². The Labute approximate surface area is 191 Å². The fourth-order valence-corrected chi connectivity index (χ4v) is 1.02. The van der Waals surface area contributed by atoms with E-state index in [-0.39, 0.29) is 32.7 Å². The van der Waals surface area contributed by atoms with Crippen molar-refractivity contribution >= 4 is 11.8 Å². The molecule has 0 aliphatic rings. The van der Waals surface area contributed by atoms with Gasteiger partial charge in [-0.15, -0.1) is 24.3 Å². The summed E-state index contributed by atoms with van der Waals surface area (Å²) in [5.74, 6) is 1.76. The fraction of sp³-hybridized carbons (Fsp3) is 0.429. The van der Waals surface area contributed by atoms with Crippen LogP contribution in [0.4, 0.5) is 0 Å². The van der Waals surface area contributed by atoms with Gasteiger partial charge in [0.25, 0.3) is 0 Å². The minimum atomic E-state index is 0. The molecule has 0 aliphatic carbocycles. The van der Waals surface area contributed by atoms with Crippen LogP contribution < -0.4 is 9.47 Å². The van der Waals surface area contributed by atoms with Gasteiger partial charge in [-0.1, -0.05) is 20.3 Å². The topological polar surface area (TPSA) is 27.7 Å². The minimum absolute atomic E-state index is 0. The van der Waals surface area contributed by atoms with Crippen LogP contribution in [0.15, 0.2) is 48.5 Å². The Balaban J connectivity index is -0.000000126. The van der Waals surface area contributed by atoms with Crippen molar-refractivity contribution in [3.8, 4) is 11.5 Å². The third kappa shape index (κ3) is 31.2. The van der Waals surface area contributed by atoms with Gasteiger partial charge in [0.05, 0.1) is 14.2 Å². The summed E-state index contributed by atoms with van der Waals surface area (Å²) >= 11 is 1.75. The van der Waals surface area contributed by atoms with Crippen molar-refractivity contribution in [3.63, 3.8) is 0 Å². The standard InChI is InChI=1S/2C7H7O.C3H8.C2H6O.C2H6S.Y/c2*1-8-7-5-3-2-4-6-7;3*1-3-2;/h2*3-6H,1H3;3H2,1-2H3;2*1-2H3;/q2*-1;;;;. The molecule has 0 N–H and O–H groups in total. The van der Waals surface area contributed by atoms with Crippen molar-refractivity contribution < 1.29 is 46.9 Å². The SMILES string of the molecule is CCC.COC.COc1cc[c-]cc1.COc1cc[c-]cc1.CSC.[Y]. The summed E-state index contributed by atoms with van der Waals surface area (Å²) in [6.45, 7) is 4.25. The molecule has 2 aromatic carbocycles. The number of benzene rings is 2. The zero-order chi connectivity index (χ0) is 19.8. The second kappa shape index (κ2) is 32.2. The van der Waals surface area contributed by atoms with E-state index >= 15 is 0 Å². The summed E-state index contributed by atoms with van der Waals surface area (Å²) in [7, 11) is 6.55. The average Bonchev–Trinajstić information content (AvgIpc) is 2.65. The van der Waals surface area contributed by atoms with E-state index in [1.165, 1.54) is 6.42 Å². The fourth-order valence-electron chi connectivity index (χ4n) is 1.02. The van der Waals surface area contributed by atoms with E-state index < -0.39 is 0 Å². The molecule has 1 radical (unpaired) electrons. The second-order valence-electron chi connectivity index (χ2n) is 4.40. The first-order chi connectivity index (χ1) is 12.1. The monoisotopic (exact) mass is 455 g/mol. The molecule has 0 bridgehead atoms. The van der Waals surface area contributed by atoms with E-state index in [1.807, 2.05) is 61.0 Å². The quantitative estimate of drug-likeness (QED) is 0.548. The Hall–Kier alpha value is -0.546. The third-order valence-corrected chi connectivity index (χ3v) is 1.85. The molecule has 2 rings (SSSR count). The van der Waals surface area contributed by atoms with Gasteiger partial charge in [-0.25, -0.2) is 0 Å². The molecule has 5 heteroatoms. The molecule has 0 saturated heterocycles. The average molecular weight is 455 g/mol. The first-order valence-corrected chi connectivity index (χ1v) is 9.55. The summed E-state index contributed by atoms with van der Waals surface area (Å²) in [6, 6.07) is 20.5. The van der Waals surface area contributed by atoms with Gasteiger partial charge >= 0.3 is 0 Å². The van der Waals surface area contributed by atoms with Gasteiger partial charge in [-0.3, -0.25) is 0 Å². The summed E-state index contributed by atoms with van der Waals surface area (Å²) < 4.78 is 14.0. The van der Waals surface area contributed by atoms with Crippen LogP contribution in [0, 0.1) is 12.1 Å². The number of ether oxygens (including phenoxy) is 3. The molecular weight excluding hydrogens is 421 g/mol. The van der Waals surface area contributed by atoms with Crippen molar-refractivity contribution in [1.82, 2.24) is 0 Å². The Morgan fingerprint density at radius 2 is 0.923 bits per heavy atom. The second-order valence-corrected chi connectivity index (χ2v) is 5.22. The molecule has 26 heavy (non-hydrogen) atoms. The zero-order valence-electron chi connectivity index (χ0n) is 17.5. The molecule has 2 aromatic rings. The van der Waals surface area contributed by atoms with Gasteiger partial charge in [0, 0.05) is 58.4 Å². The van der Waals surface area contributed by atoms with Crippen molar-refractivity contribution in [2.24, 2.45) is 0 Å². The van der Waals surface area contributed by atoms with Crippen LogP contribution in [0.1, 0.15) is 20.3 Å². The summed E-state index contributed by atoms with van der Waals surface area (Å²) in [5.41, 5.74) is 0. The van der Waals surface area contributed by atoms with E-state index in [2.05, 4.69) is 30.7 Å². The third-order valence-electron chi connectivity index (χ3n) is 1.85. The molecule has 0 spiro atoms. The van der Waals surface area contributed by atoms with Crippen molar-refractivity contribution in [3.05, 3.63) is 60.7 Å². The summed E-state index contributed by atoms with van der Waals surface area (Å²) in [6.07, 6.45) is 5.33. The number of hydrogen-bond donors (Lipinski definition) is 0. The first-order valence-electron chi connectivity index (χ1n) is 7.91. The van der Waals surface area contributed by atoms with Gasteiger partial charge < -0.3 is 14.2 Å². The molecule has 0 unspecified atom stereocenters. The largest absolute Gasteiger partial charge is 0.522 e. The van der Waals surface area contributed by atoms with Gasteiger partial charge in [-0.05, 0) is 12.5 Å². The Bertz CT molecular complexity index is 384.